The second kappa shape index (κ2) is 3.57. The van der Waals surface area contributed by atoms with Crippen molar-refractivity contribution >= 4 is 11.8 Å². The highest BCUT2D eigenvalue weighted by Crippen LogP contribution is 2.16. The van der Waals surface area contributed by atoms with Gasteiger partial charge in [0.15, 0.2) is 0 Å². The monoisotopic (exact) mass is 197 g/mol. The molecule has 2 rings (SSSR count). The summed E-state index contributed by atoms with van der Waals surface area (Å²) in [5.41, 5.74) is 0. The van der Waals surface area contributed by atoms with Gasteiger partial charge < -0.3 is 15.1 Å². The number of carbonyl (C=O) groups excluding carboxylic acids is 2. The molecule has 2 aliphatic rings. The molecule has 0 saturated carbocycles. The van der Waals surface area contributed by atoms with Crippen LogP contribution >= 0.6 is 0 Å². The van der Waals surface area contributed by atoms with Crippen LogP contribution in [-0.2, 0) is 9.59 Å². The van der Waals surface area contributed by atoms with E-state index in [0.717, 1.165) is 13.1 Å². The van der Waals surface area contributed by atoms with Crippen LogP contribution in [0.2, 0.25) is 0 Å². The van der Waals surface area contributed by atoms with Gasteiger partial charge in [-0.25, -0.2) is 0 Å². The van der Waals surface area contributed by atoms with E-state index in [1.807, 2.05) is 4.90 Å². The summed E-state index contributed by atoms with van der Waals surface area (Å²) in [7, 11) is 1.79. The number of nitrogens with zero attached hydrogens (tertiary/aromatic N) is 2. The van der Waals surface area contributed by atoms with Crippen molar-refractivity contribution in [1.29, 1.82) is 0 Å². The van der Waals surface area contributed by atoms with Crippen LogP contribution in [0.3, 0.4) is 0 Å². The lowest BCUT2D eigenvalue weighted by molar-refractivity contribution is -0.134. The highest BCUT2D eigenvalue weighted by atomic mass is 16.2. The maximum Gasteiger partial charge on any atom is 0.236 e. The van der Waals surface area contributed by atoms with E-state index in [1.165, 1.54) is 0 Å². The summed E-state index contributed by atoms with van der Waals surface area (Å²) in [6, 6.07) is 0.0992. The summed E-state index contributed by atoms with van der Waals surface area (Å²) < 4.78 is 0. The molecule has 2 aliphatic heterocycles. The summed E-state index contributed by atoms with van der Waals surface area (Å²) in [6.45, 7) is 2.66. The fourth-order valence-corrected chi connectivity index (χ4v) is 2.06. The molecular formula is C9H15N3O2. The Morgan fingerprint density at radius 2 is 2.14 bits per heavy atom. The standard InChI is InChI=1S/C9H15N3O2/c1-11-6-7(4-8(11)13)12-3-2-10-5-9(12)14/h7,10H,2-6H2,1H3. The van der Waals surface area contributed by atoms with Crippen LogP contribution in [0.1, 0.15) is 6.42 Å². The third-order valence-electron chi connectivity index (χ3n) is 2.89. The van der Waals surface area contributed by atoms with Crippen molar-refractivity contribution in [2.75, 3.05) is 33.2 Å². The highest BCUT2D eigenvalue weighted by molar-refractivity contribution is 5.83. The number of nitrogens with one attached hydrogen (secondary N) is 1. The predicted octanol–water partition coefficient (Wildman–Crippen LogP) is -1.35. The van der Waals surface area contributed by atoms with Gasteiger partial charge in [0, 0.05) is 33.1 Å². The van der Waals surface area contributed by atoms with Crippen LogP contribution in [0.15, 0.2) is 0 Å². The number of hydrogen-bond donors (Lipinski definition) is 1. The molecule has 2 fully saturated rings. The van der Waals surface area contributed by atoms with Crippen molar-refractivity contribution in [2.45, 2.75) is 12.5 Å². The average Bonchev–Trinajstić information content (AvgIpc) is 2.48. The molecular weight excluding hydrogens is 182 g/mol. The molecule has 5 heteroatoms. The molecule has 1 N–H and O–H groups in total. The topological polar surface area (TPSA) is 52.6 Å². The van der Waals surface area contributed by atoms with Gasteiger partial charge in [0.25, 0.3) is 0 Å². The molecule has 2 saturated heterocycles. The van der Waals surface area contributed by atoms with Crippen molar-refractivity contribution in [2.24, 2.45) is 0 Å². The normalized spacial score (nSPS) is 28.8. The van der Waals surface area contributed by atoms with E-state index < -0.39 is 0 Å². The van der Waals surface area contributed by atoms with Gasteiger partial charge in [-0.3, -0.25) is 9.59 Å². The molecule has 5 nitrogen and oxygen atoms in total. The lowest BCUT2D eigenvalue weighted by atomic mass is 10.2. The summed E-state index contributed by atoms with van der Waals surface area (Å²) in [5, 5.41) is 3.02. The number of likely N-dealkylation sites (N-methyl/N-ethyl adjacent to an activating group) is 1. The first kappa shape index (κ1) is 9.45. The number of likely N-dealkylation sites (tertiary alicyclic amines) is 1. The minimum atomic E-state index is 0.0992. The van der Waals surface area contributed by atoms with E-state index in [1.54, 1.807) is 11.9 Å². The lowest BCUT2D eigenvalue weighted by Crippen LogP contribution is -2.53. The van der Waals surface area contributed by atoms with Gasteiger partial charge in [-0.2, -0.15) is 0 Å². The molecule has 1 unspecified atom stereocenters. The van der Waals surface area contributed by atoms with E-state index >= 15 is 0 Å². The molecule has 0 aromatic carbocycles. The number of amides is 2. The van der Waals surface area contributed by atoms with Gasteiger partial charge in [-0.1, -0.05) is 0 Å². The fourth-order valence-electron chi connectivity index (χ4n) is 2.06. The Balaban J connectivity index is 2.01. The number of carbonyl (C=O) groups is 2. The molecule has 2 amide bonds. The van der Waals surface area contributed by atoms with Crippen LogP contribution in [0, 0.1) is 0 Å². The Hall–Kier alpha value is -1.10. The Morgan fingerprint density at radius 1 is 1.36 bits per heavy atom. The fraction of sp³-hybridized carbons (Fsp3) is 0.778. The SMILES string of the molecule is CN1CC(N2CCNCC2=O)CC1=O. The lowest BCUT2D eigenvalue weighted by Gasteiger charge is -2.32. The van der Waals surface area contributed by atoms with Crippen LogP contribution in [0.4, 0.5) is 0 Å². The van der Waals surface area contributed by atoms with Gasteiger partial charge in [-0.15, -0.1) is 0 Å². The molecule has 0 spiro atoms. The first-order valence-corrected chi connectivity index (χ1v) is 4.92. The third kappa shape index (κ3) is 1.59. The molecule has 78 valence electrons. The summed E-state index contributed by atoms with van der Waals surface area (Å²) >= 11 is 0. The zero-order chi connectivity index (χ0) is 10.1. The van der Waals surface area contributed by atoms with Gasteiger partial charge in [0.1, 0.15) is 0 Å². The molecule has 14 heavy (non-hydrogen) atoms. The number of piperazine rings is 1. The minimum absolute atomic E-state index is 0.0992. The Kier molecular flexibility index (Phi) is 2.41. The number of hydrogen-bond acceptors (Lipinski definition) is 3. The predicted molar refractivity (Wildman–Crippen MR) is 50.6 cm³/mol. The second-order valence-corrected chi connectivity index (χ2v) is 3.90. The van der Waals surface area contributed by atoms with E-state index in [9.17, 15) is 9.59 Å². The van der Waals surface area contributed by atoms with Gasteiger partial charge in [0.05, 0.1) is 12.6 Å². The third-order valence-corrected chi connectivity index (χ3v) is 2.89. The molecule has 0 aromatic heterocycles. The van der Waals surface area contributed by atoms with Crippen molar-refractivity contribution in [3.63, 3.8) is 0 Å². The van der Waals surface area contributed by atoms with Crippen LogP contribution < -0.4 is 5.32 Å². The minimum Gasteiger partial charge on any atom is -0.344 e. The Bertz CT molecular complexity index is 267. The zero-order valence-corrected chi connectivity index (χ0v) is 8.32. The van der Waals surface area contributed by atoms with E-state index in [0.29, 0.717) is 19.5 Å². The van der Waals surface area contributed by atoms with Crippen LogP contribution in [0.25, 0.3) is 0 Å². The quantitative estimate of drug-likeness (QED) is 0.565. The van der Waals surface area contributed by atoms with Gasteiger partial charge in [0.2, 0.25) is 11.8 Å². The molecule has 0 aliphatic carbocycles. The zero-order valence-electron chi connectivity index (χ0n) is 8.32. The summed E-state index contributed by atoms with van der Waals surface area (Å²) in [5.74, 6) is 0.255. The Labute approximate surface area is 83.0 Å². The van der Waals surface area contributed by atoms with E-state index in [4.69, 9.17) is 0 Å². The van der Waals surface area contributed by atoms with Crippen molar-refractivity contribution in [1.82, 2.24) is 15.1 Å². The van der Waals surface area contributed by atoms with Crippen molar-refractivity contribution in [3.8, 4) is 0 Å². The molecule has 1 atom stereocenters. The van der Waals surface area contributed by atoms with Crippen LogP contribution in [0.5, 0.6) is 0 Å². The highest BCUT2D eigenvalue weighted by Gasteiger charge is 2.34. The molecule has 2 heterocycles. The molecule has 0 aromatic rings. The largest absolute Gasteiger partial charge is 0.344 e. The van der Waals surface area contributed by atoms with Crippen LogP contribution in [-0.4, -0.2) is 60.9 Å². The molecule has 0 bridgehead atoms. The summed E-state index contributed by atoms with van der Waals surface area (Å²) in [6.07, 6.45) is 0.488. The smallest absolute Gasteiger partial charge is 0.236 e. The van der Waals surface area contributed by atoms with E-state index in [2.05, 4.69) is 5.32 Å². The summed E-state index contributed by atoms with van der Waals surface area (Å²) in [4.78, 5) is 26.4. The number of rotatable bonds is 1. The van der Waals surface area contributed by atoms with Crippen molar-refractivity contribution in [3.05, 3.63) is 0 Å². The maximum atomic E-state index is 11.5. The van der Waals surface area contributed by atoms with E-state index in [-0.39, 0.29) is 17.9 Å². The Morgan fingerprint density at radius 3 is 2.71 bits per heavy atom. The maximum absolute atomic E-state index is 11.5. The first-order chi connectivity index (χ1) is 6.68. The first-order valence-electron chi connectivity index (χ1n) is 4.92. The average molecular weight is 197 g/mol. The van der Waals surface area contributed by atoms with Crippen molar-refractivity contribution < 1.29 is 9.59 Å². The van der Waals surface area contributed by atoms with Gasteiger partial charge in [-0.05, 0) is 0 Å². The molecule has 0 radical (unpaired) electrons. The van der Waals surface area contributed by atoms with Gasteiger partial charge >= 0.3 is 0 Å². The second-order valence-electron chi connectivity index (χ2n) is 3.90.